The monoisotopic (exact) mass is 802 g/mol. The van der Waals surface area contributed by atoms with E-state index in [-0.39, 0.29) is 34.5 Å². The van der Waals surface area contributed by atoms with Crippen LogP contribution in [-0.2, 0) is 32.3 Å². The van der Waals surface area contributed by atoms with Crippen molar-refractivity contribution in [2.45, 2.75) is 125 Å². The quantitative estimate of drug-likeness (QED) is 0.0323. The lowest BCUT2D eigenvalue weighted by Crippen LogP contribution is -2.32. The Morgan fingerprint density at radius 3 is 1.26 bits per heavy atom. The van der Waals surface area contributed by atoms with E-state index in [0.29, 0.717) is 52.2 Å². The Kier molecular flexibility index (Phi) is 15.3. The Morgan fingerprint density at radius 1 is 0.586 bits per heavy atom. The number of hydrogen-bond donors (Lipinski definition) is 4. The fourth-order valence-corrected chi connectivity index (χ4v) is 7.80. The lowest BCUT2D eigenvalue weighted by Gasteiger charge is -2.19. The second-order valence-electron chi connectivity index (χ2n) is 16.0. The molecule has 2 heterocycles. The molecule has 0 saturated carbocycles. The normalized spacial score (nSPS) is 13.2. The van der Waals surface area contributed by atoms with Crippen LogP contribution in [0.2, 0.25) is 0 Å². The molecule has 2 atom stereocenters. The maximum absolute atomic E-state index is 13.0. The third kappa shape index (κ3) is 10.1. The first-order valence-electron chi connectivity index (χ1n) is 20.1. The van der Waals surface area contributed by atoms with Crippen LogP contribution in [0, 0.1) is 31.6 Å². The number of aromatic nitrogens is 2. The highest BCUT2D eigenvalue weighted by Crippen LogP contribution is 2.37. The number of nitrogens with two attached hydrogens (primary N) is 2. The van der Waals surface area contributed by atoms with Gasteiger partial charge in [-0.3, -0.25) is 19.2 Å². The van der Waals surface area contributed by atoms with E-state index in [1.54, 1.807) is 65.8 Å². The molecule has 4 aromatic rings. The third-order valence-corrected chi connectivity index (χ3v) is 10.9. The Hall–Kier alpha value is -5.66. The van der Waals surface area contributed by atoms with Gasteiger partial charge in [-0.15, -0.1) is 0 Å². The number of nitrogens with zero attached hydrogens (tertiary/aromatic N) is 2. The van der Waals surface area contributed by atoms with Gasteiger partial charge in [0.05, 0.1) is 32.9 Å². The van der Waals surface area contributed by atoms with E-state index in [1.165, 1.54) is 0 Å². The molecule has 2 aromatic carbocycles. The second-order valence-corrected chi connectivity index (χ2v) is 16.0. The number of hydrogen-bond acceptors (Lipinski definition) is 8. The van der Waals surface area contributed by atoms with Gasteiger partial charge in [-0.2, -0.15) is 0 Å². The summed E-state index contributed by atoms with van der Waals surface area (Å²) in [6, 6.07) is 10.4. The van der Waals surface area contributed by atoms with Gasteiger partial charge in [0.25, 0.3) is 23.4 Å². The van der Waals surface area contributed by atoms with Crippen LogP contribution >= 0.6 is 0 Å². The molecule has 2 unspecified atom stereocenters. The highest BCUT2D eigenvalue weighted by Gasteiger charge is 2.31. The van der Waals surface area contributed by atoms with Gasteiger partial charge in [-0.05, 0) is 56.9 Å². The molecule has 14 nitrogen and oxygen atoms in total. The first-order chi connectivity index (χ1) is 27.4. The van der Waals surface area contributed by atoms with Gasteiger partial charge in [0.1, 0.15) is 11.5 Å². The Bertz CT molecular complexity index is 2030. The zero-order chi connectivity index (χ0) is 43.0. The standard InChI is InChI=1S/C44H58N4O10/c1-24(2)39(43(53)54)57-31-20-14-18-29-35(31)33(37(49)41(45)51)27(6)47(29)22-12-8-10-16-26(5)17-11-9-13-23-48-28(7)34(38(50)42(46)52)36-30(48)19-15-21-32(36)58-40(25(3)4)44(55)56/h14-15,18-21,24-26,39-40H,8-13,16-17,22-23H2,1-7H3,(H2,45,51)(H2,46,52)(H,53,54)(H,55,56). The third-order valence-electron chi connectivity index (χ3n) is 10.9. The Morgan fingerprint density at radius 2 is 0.948 bits per heavy atom. The van der Waals surface area contributed by atoms with Gasteiger partial charge in [-0.25, -0.2) is 9.59 Å². The van der Waals surface area contributed by atoms with Crippen LogP contribution in [0.3, 0.4) is 0 Å². The first kappa shape index (κ1) is 45.0. The number of rotatable bonds is 24. The number of ketones is 2. The van der Waals surface area contributed by atoms with Crippen LogP contribution in [0.1, 0.15) is 118 Å². The molecule has 58 heavy (non-hydrogen) atoms. The Balaban J connectivity index is 1.35. The zero-order valence-electron chi connectivity index (χ0n) is 34.6. The number of Topliss-reactive ketones (excluding diaryl/α,β-unsaturated/α-hetero) is 2. The number of unbranched alkanes of at least 4 members (excludes halogenated alkanes) is 4. The van der Waals surface area contributed by atoms with Crippen molar-refractivity contribution >= 4 is 57.1 Å². The van der Waals surface area contributed by atoms with Crippen LogP contribution in [0.15, 0.2) is 36.4 Å². The minimum Gasteiger partial charge on any atom is -0.478 e. The molecule has 0 saturated heterocycles. The highest BCUT2D eigenvalue weighted by atomic mass is 16.5. The number of carboxylic acid groups (broad SMARTS) is 2. The minimum absolute atomic E-state index is 0.133. The van der Waals surface area contributed by atoms with E-state index in [0.717, 1.165) is 51.4 Å². The van der Waals surface area contributed by atoms with E-state index in [4.69, 9.17) is 20.9 Å². The van der Waals surface area contributed by atoms with Crippen molar-refractivity contribution in [1.82, 2.24) is 9.13 Å². The van der Waals surface area contributed by atoms with E-state index < -0.39 is 47.5 Å². The number of primary amides is 2. The molecule has 314 valence electrons. The number of carbonyl (C=O) groups is 6. The number of fused-ring (bicyclic) bond motifs is 2. The van der Waals surface area contributed by atoms with Crippen molar-refractivity contribution in [3.8, 4) is 11.5 Å². The van der Waals surface area contributed by atoms with Crippen LogP contribution in [-0.4, -0.2) is 66.9 Å². The number of aryl methyl sites for hydroxylation is 2. The molecule has 0 aliphatic rings. The summed E-state index contributed by atoms with van der Waals surface area (Å²) in [5.41, 5.74) is 13.6. The first-order valence-corrected chi connectivity index (χ1v) is 20.1. The molecule has 6 N–H and O–H groups in total. The van der Waals surface area contributed by atoms with E-state index in [9.17, 15) is 39.0 Å². The van der Waals surface area contributed by atoms with Crippen LogP contribution in [0.4, 0.5) is 0 Å². The summed E-state index contributed by atoms with van der Waals surface area (Å²) in [7, 11) is 0. The van der Waals surface area contributed by atoms with Gasteiger partial charge in [-0.1, -0.05) is 85.3 Å². The van der Waals surface area contributed by atoms with Crippen molar-refractivity contribution in [3.63, 3.8) is 0 Å². The summed E-state index contributed by atoms with van der Waals surface area (Å²) >= 11 is 0. The SMILES string of the molecule is Cc1c(C(=O)C(N)=O)c2c(OC(C(=O)O)C(C)C)cccc2n1CCCCCC(C)CCCCCn1c(C)c(C(=O)C(N)=O)c2c(OC(C(=O)O)C(C)C)cccc21. The molecule has 4 rings (SSSR count). The molecule has 0 spiro atoms. The number of carbonyl (C=O) groups excluding carboxylic acids is 4. The van der Waals surface area contributed by atoms with Gasteiger partial charge in [0.15, 0.2) is 12.2 Å². The van der Waals surface area contributed by atoms with Crippen molar-refractivity contribution in [3.05, 3.63) is 58.9 Å². The van der Waals surface area contributed by atoms with Crippen molar-refractivity contribution < 1.29 is 48.5 Å². The maximum Gasteiger partial charge on any atom is 0.345 e. The lowest BCUT2D eigenvalue weighted by atomic mass is 9.97. The summed E-state index contributed by atoms with van der Waals surface area (Å²) in [6.45, 7) is 13.9. The van der Waals surface area contributed by atoms with E-state index in [2.05, 4.69) is 6.92 Å². The van der Waals surface area contributed by atoms with Gasteiger partial charge >= 0.3 is 11.9 Å². The van der Waals surface area contributed by atoms with E-state index in [1.807, 2.05) is 21.3 Å². The topological polar surface area (TPSA) is 223 Å². The fraction of sp³-hybridized carbons (Fsp3) is 0.500. The molecule has 2 amide bonds. The van der Waals surface area contributed by atoms with Crippen molar-refractivity contribution in [2.24, 2.45) is 29.2 Å². The zero-order valence-corrected chi connectivity index (χ0v) is 34.6. The highest BCUT2D eigenvalue weighted by molar-refractivity contribution is 6.45. The molecular formula is C44H58N4O10. The maximum atomic E-state index is 13.0. The van der Waals surface area contributed by atoms with Gasteiger partial charge < -0.3 is 40.3 Å². The van der Waals surface area contributed by atoms with Crippen LogP contribution in [0.25, 0.3) is 21.8 Å². The smallest absolute Gasteiger partial charge is 0.345 e. The largest absolute Gasteiger partial charge is 0.478 e. The van der Waals surface area contributed by atoms with Crippen LogP contribution < -0.4 is 20.9 Å². The summed E-state index contributed by atoms with van der Waals surface area (Å²) < 4.78 is 15.8. The molecule has 0 aliphatic carbocycles. The van der Waals surface area contributed by atoms with Crippen LogP contribution in [0.5, 0.6) is 11.5 Å². The second kappa shape index (κ2) is 19.7. The number of amides is 2. The fourth-order valence-electron chi connectivity index (χ4n) is 7.80. The molecular weight excluding hydrogens is 745 g/mol. The van der Waals surface area contributed by atoms with Crippen molar-refractivity contribution in [1.29, 1.82) is 0 Å². The number of carboxylic acids is 2. The summed E-state index contributed by atoms with van der Waals surface area (Å²) in [5, 5.41) is 20.2. The molecule has 0 radical (unpaired) electrons. The predicted molar refractivity (Wildman–Crippen MR) is 220 cm³/mol. The van der Waals surface area contributed by atoms with Gasteiger partial charge in [0.2, 0.25) is 0 Å². The molecule has 14 heteroatoms. The minimum atomic E-state index is -1.15. The molecule has 0 bridgehead atoms. The number of aliphatic carboxylic acids is 2. The lowest BCUT2D eigenvalue weighted by molar-refractivity contribution is -0.147. The van der Waals surface area contributed by atoms with Crippen molar-refractivity contribution in [2.75, 3.05) is 0 Å². The number of ether oxygens (including phenoxy) is 2. The number of benzene rings is 2. The average molecular weight is 803 g/mol. The summed E-state index contributed by atoms with van der Waals surface area (Å²) in [4.78, 5) is 74.0. The average Bonchev–Trinajstić information content (AvgIpc) is 3.60. The summed E-state index contributed by atoms with van der Waals surface area (Å²) in [6.07, 6.45) is 5.32. The Labute approximate surface area is 338 Å². The van der Waals surface area contributed by atoms with Gasteiger partial charge in [0, 0.05) is 36.3 Å². The molecule has 2 aromatic heterocycles. The van der Waals surface area contributed by atoms with E-state index >= 15 is 0 Å². The molecule has 0 aliphatic heterocycles. The summed E-state index contributed by atoms with van der Waals surface area (Å²) in [5.74, 6) is -5.90. The predicted octanol–water partition coefficient (Wildman–Crippen LogP) is 6.98. The molecule has 0 fully saturated rings.